The van der Waals surface area contributed by atoms with Gasteiger partial charge in [-0.2, -0.15) is 0 Å². The lowest BCUT2D eigenvalue weighted by molar-refractivity contribution is 0.0487. The molecule has 0 aliphatic rings. The molecule has 138 valence electrons. The summed E-state index contributed by atoms with van der Waals surface area (Å²) in [6, 6.07) is 3.76. The first-order chi connectivity index (χ1) is 11.8. The molecule has 0 amide bonds. The van der Waals surface area contributed by atoms with Crippen LogP contribution in [0.1, 0.15) is 83.4 Å². The lowest BCUT2D eigenvalue weighted by atomic mass is 10.0. The van der Waals surface area contributed by atoms with E-state index in [0.29, 0.717) is 12.3 Å². The topological polar surface area (TPSA) is 101 Å². The predicted octanol–water partition coefficient (Wildman–Crippen LogP) is 4.24. The Balaban J connectivity index is 2.49. The Morgan fingerprint density at radius 3 is 2.12 bits per heavy atom. The van der Waals surface area contributed by atoms with Gasteiger partial charge < -0.3 is 14.9 Å². The first kappa shape index (κ1) is 20.7. The molecule has 1 aromatic carbocycles. The SMILES string of the molecule is CC(C)CCCCCCCOC(=O)c1cccc(C(=O)O)c1C(=O)O. The zero-order valence-electron chi connectivity index (χ0n) is 14.8. The molecule has 0 bridgehead atoms. The van der Waals surface area contributed by atoms with Crippen molar-refractivity contribution < 1.29 is 29.3 Å². The van der Waals surface area contributed by atoms with E-state index in [1.807, 2.05) is 0 Å². The van der Waals surface area contributed by atoms with Crippen molar-refractivity contribution in [1.82, 2.24) is 0 Å². The van der Waals surface area contributed by atoms with Crippen molar-refractivity contribution in [1.29, 1.82) is 0 Å². The molecule has 0 heterocycles. The highest BCUT2D eigenvalue weighted by atomic mass is 16.5. The van der Waals surface area contributed by atoms with E-state index in [-0.39, 0.29) is 12.2 Å². The van der Waals surface area contributed by atoms with Crippen LogP contribution in [0.2, 0.25) is 0 Å². The van der Waals surface area contributed by atoms with Gasteiger partial charge in [0.2, 0.25) is 0 Å². The molecule has 1 aromatic rings. The van der Waals surface area contributed by atoms with Crippen LogP contribution >= 0.6 is 0 Å². The Kier molecular flexibility index (Phi) is 8.67. The van der Waals surface area contributed by atoms with Gasteiger partial charge in [-0.1, -0.05) is 52.0 Å². The van der Waals surface area contributed by atoms with E-state index in [4.69, 9.17) is 9.84 Å². The zero-order valence-corrected chi connectivity index (χ0v) is 14.8. The van der Waals surface area contributed by atoms with Gasteiger partial charge in [0, 0.05) is 0 Å². The van der Waals surface area contributed by atoms with Crippen LogP contribution in [0.15, 0.2) is 18.2 Å². The van der Waals surface area contributed by atoms with Crippen molar-refractivity contribution in [2.45, 2.75) is 52.4 Å². The maximum Gasteiger partial charge on any atom is 0.339 e. The summed E-state index contributed by atoms with van der Waals surface area (Å²) in [5.41, 5.74) is -1.19. The summed E-state index contributed by atoms with van der Waals surface area (Å²) < 4.78 is 5.10. The molecule has 0 aliphatic carbocycles. The number of hydrogen-bond donors (Lipinski definition) is 2. The zero-order chi connectivity index (χ0) is 18.8. The summed E-state index contributed by atoms with van der Waals surface area (Å²) in [7, 11) is 0. The third-order valence-electron chi connectivity index (χ3n) is 3.89. The van der Waals surface area contributed by atoms with Crippen molar-refractivity contribution in [3.05, 3.63) is 34.9 Å². The van der Waals surface area contributed by atoms with Gasteiger partial charge in [-0.3, -0.25) is 0 Å². The molecule has 2 N–H and O–H groups in total. The molecule has 0 aromatic heterocycles. The summed E-state index contributed by atoms with van der Waals surface area (Å²) in [5.74, 6) is -2.95. The molecule has 6 nitrogen and oxygen atoms in total. The van der Waals surface area contributed by atoms with E-state index in [1.54, 1.807) is 0 Å². The fourth-order valence-corrected chi connectivity index (χ4v) is 2.56. The first-order valence-electron chi connectivity index (χ1n) is 8.61. The molecule has 0 aliphatic heterocycles. The van der Waals surface area contributed by atoms with Crippen molar-refractivity contribution in [3.8, 4) is 0 Å². The molecule has 0 fully saturated rings. The van der Waals surface area contributed by atoms with E-state index in [1.165, 1.54) is 25.0 Å². The minimum absolute atomic E-state index is 0.194. The second-order valence-electron chi connectivity index (χ2n) is 6.42. The lowest BCUT2D eigenvalue weighted by Crippen LogP contribution is -2.16. The fourth-order valence-electron chi connectivity index (χ4n) is 2.56. The Morgan fingerprint density at radius 2 is 1.52 bits per heavy atom. The molecule has 0 atom stereocenters. The number of esters is 1. The molecule has 25 heavy (non-hydrogen) atoms. The maximum atomic E-state index is 12.1. The van der Waals surface area contributed by atoms with Crippen LogP contribution in [0.3, 0.4) is 0 Å². The van der Waals surface area contributed by atoms with Crippen molar-refractivity contribution >= 4 is 17.9 Å². The average Bonchev–Trinajstić information content (AvgIpc) is 2.55. The monoisotopic (exact) mass is 350 g/mol. The Bertz CT molecular complexity index is 606. The predicted molar refractivity (Wildman–Crippen MR) is 93.2 cm³/mol. The number of benzene rings is 1. The van der Waals surface area contributed by atoms with Gasteiger partial charge in [-0.15, -0.1) is 0 Å². The van der Waals surface area contributed by atoms with Crippen molar-refractivity contribution in [2.75, 3.05) is 6.61 Å². The number of carboxylic acid groups (broad SMARTS) is 2. The molecule has 0 saturated heterocycles. The largest absolute Gasteiger partial charge is 0.478 e. The summed E-state index contributed by atoms with van der Waals surface area (Å²) >= 11 is 0. The molecular weight excluding hydrogens is 324 g/mol. The third-order valence-corrected chi connectivity index (χ3v) is 3.89. The third kappa shape index (κ3) is 6.95. The van der Waals surface area contributed by atoms with Crippen molar-refractivity contribution in [3.63, 3.8) is 0 Å². The summed E-state index contributed by atoms with van der Waals surface area (Å²) in [6.07, 6.45) is 6.27. The minimum Gasteiger partial charge on any atom is -0.478 e. The number of carboxylic acids is 2. The second kappa shape index (κ2) is 10.5. The number of rotatable bonds is 11. The number of hydrogen-bond acceptors (Lipinski definition) is 4. The Hall–Kier alpha value is -2.37. The number of carbonyl (C=O) groups excluding carboxylic acids is 1. The van der Waals surface area contributed by atoms with Crippen LogP contribution in [0.5, 0.6) is 0 Å². The highest BCUT2D eigenvalue weighted by Crippen LogP contribution is 2.17. The normalized spacial score (nSPS) is 10.7. The van der Waals surface area contributed by atoms with Gasteiger partial charge in [0.25, 0.3) is 0 Å². The minimum atomic E-state index is -1.46. The highest BCUT2D eigenvalue weighted by molar-refractivity contribution is 6.09. The lowest BCUT2D eigenvalue weighted by Gasteiger charge is -2.09. The van der Waals surface area contributed by atoms with Gasteiger partial charge in [-0.25, -0.2) is 14.4 Å². The first-order valence-corrected chi connectivity index (χ1v) is 8.61. The summed E-state index contributed by atoms with van der Waals surface area (Å²) in [4.78, 5) is 34.5. The quantitative estimate of drug-likeness (QED) is 0.457. The van der Waals surface area contributed by atoms with Crippen LogP contribution in [-0.2, 0) is 4.74 Å². The maximum absolute atomic E-state index is 12.1. The molecule has 0 saturated carbocycles. The number of unbranched alkanes of at least 4 members (excludes halogenated alkanes) is 4. The molecular formula is C19H26O6. The van der Waals surface area contributed by atoms with E-state index in [9.17, 15) is 19.5 Å². The van der Waals surface area contributed by atoms with Gasteiger partial charge in [0.05, 0.1) is 23.3 Å². The Labute approximate surface area is 147 Å². The van der Waals surface area contributed by atoms with E-state index >= 15 is 0 Å². The molecule has 1 rings (SSSR count). The second-order valence-corrected chi connectivity index (χ2v) is 6.42. The average molecular weight is 350 g/mol. The number of carbonyl (C=O) groups is 3. The van der Waals surface area contributed by atoms with Crippen LogP contribution < -0.4 is 0 Å². The van der Waals surface area contributed by atoms with Crippen LogP contribution in [0.4, 0.5) is 0 Å². The molecule has 0 spiro atoms. The molecule has 6 heteroatoms. The van der Waals surface area contributed by atoms with Gasteiger partial charge in [0.1, 0.15) is 0 Å². The van der Waals surface area contributed by atoms with Crippen LogP contribution in [0.25, 0.3) is 0 Å². The number of ether oxygens (including phenoxy) is 1. The van der Waals surface area contributed by atoms with Crippen LogP contribution in [0, 0.1) is 5.92 Å². The van der Waals surface area contributed by atoms with Gasteiger partial charge in [-0.05, 0) is 24.5 Å². The van der Waals surface area contributed by atoms with Gasteiger partial charge in [0.15, 0.2) is 0 Å². The molecule has 0 radical (unpaired) electrons. The standard InChI is InChI=1S/C19H26O6/c1-13(2)9-6-4-3-5-7-12-25-19(24)15-11-8-10-14(17(20)21)16(15)18(22)23/h8,10-11,13H,3-7,9,12H2,1-2H3,(H,20,21)(H,22,23). The summed E-state index contributed by atoms with van der Waals surface area (Å²) in [5, 5.41) is 18.3. The smallest absolute Gasteiger partial charge is 0.339 e. The van der Waals surface area contributed by atoms with Crippen LogP contribution in [-0.4, -0.2) is 34.7 Å². The fraction of sp³-hybridized carbons (Fsp3) is 0.526. The summed E-state index contributed by atoms with van der Waals surface area (Å²) in [6.45, 7) is 4.59. The Morgan fingerprint density at radius 1 is 0.920 bits per heavy atom. The molecule has 0 unspecified atom stereocenters. The highest BCUT2D eigenvalue weighted by Gasteiger charge is 2.24. The van der Waals surface area contributed by atoms with Gasteiger partial charge >= 0.3 is 17.9 Å². The van der Waals surface area contributed by atoms with E-state index in [2.05, 4.69) is 13.8 Å². The van der Waals surface area contributed by atoms with E-state index < -0.39 is 29.0 Å². The van der Waals surface area contributed by atoms with E-state index in [0.717, 1.165) is 25.3 Å². The number of aromatic carboxylic acids is 2. The van der Waals surface area contributed by atoms with Crippen molar-refractivity contribution in [2.24, 2.45) is 5.92 Å².